The Hall–Kier alpha value is -2.93. The molecule has 166 valence electrons. The summed E-state index contributed by atoms with van der Waals surface area (Å²) in [5.41, 5.74) is 2.62. The zero-order valence-corrected chi connectivity index (χ0v) is 20.4. The summed E-state index contributed by atoms with van der Waals surface area (Å²) in [6.45, 7) is 6.50. The molecule has 0 saturated carbocycles. The lowest BCUT2D eigenvalue weighted by Crippen LogP contribution is -2.23. The Kier molecular flexibility index (Phi) is 5.40. The molecule has 0 fully saturated rings. The van der Waals surface area contributed by atoms with Crippen LogP contribution >= 0.6 is 34.5 Å². The van der Waals surface area contributed by atoms with Crippen molar-refractivity contribution in [3.8, 4) is 22.7 Å². The van der Waals surface area contributed by atoms with Gasteiger partial charge in [0, 0.05) is 22.2 Å². The van der Waals surface area contributed by atoms with Crippen molar-refractivity contribution in [2.75, 3.05) is 0 Å². The van der Waals surface area contributed by atoms with Crippen LogP contribution in [-0.4, -0.2) is 14.6 Å². The molecular weight excluding hydrogens is 477 g/mol. The third kappa shape index (κ3) is 4.22. The van der Waals surface area contributed by atoms with Crippen LogP contribution in [-0.2, 0) is 5.41 Å². The van der Waals surface area contributed by atoms with E-state index in [1.165, 1.54) is 21.4 Å². The molecule has 0 saturated heterocycles. The fraction of sp³-hybridized carbons (Fsp3) is 0.160. The minimum Gasteiger partial charge on any atom is -0.457 e. The fourth-order valence-corrected chi connectivity index (χ4v) is 4.74. The van der Waals surface area contributed by atoms with Crippen LogP contribution in [0.4, 0.5) is 0 Å². The minimum absolute atomic E-state index is 0.0667. The van der Waals surface area contributed by atoms with Gasteiger partial charge in [0.25, 0.3) is 5.56 Å². The quantitative estimate of drug-likeness (QED) is 0.297. The van der Waals surface area contributed by atoms with Crippen molar-refractivity contribution in [3.05, 3.63) is 90.9 Å². The van der Waals surface area contributed by atoms with Crippen molar-refractivity contribution >= 4 is 45.6 Å². The van der Waals surface area contributed by atoms with Gasteiger partial charge in [0.1, 0.15) is 16.1 Å². The predicted octanol–water partition coefficient (Wildman–Crippen LogP) is 6.23. The summed E-state index contributed by atoms with van der Waals surface area (Å²) in [5.74, 6) is 1.63. The smallest absolute Gasteiger partial charge is 0.291 e. The number of benzene rings is 2. The summed E-state index contributed by atoms with van der Waals surface area (Å²) in [6.07, 6.45) is 1.68. The zero-order chi connectivity index (χ0) is 23.3. The Morgan fingerprint density at radius 3 is 2.48 bits per heavy atom. The van der Waals surface area contributed by atoms with Gasteiger partial charge in [-0.15, -0.1) is 5.10 Å². The van der Waals surface area contributed by atoms with E-state index in [-0.39, 0.29) is 11.0 Å². The van der Waals surface area contributed by atoms with Gasteiger partial charge < -0.3 is 4.42 Å². The normalized spacial score (nSPS) is 12.7. The molecule has 5 nitrogen and oxygen atoms in total. The maximum absolute atomic E-state index is 12.9. The Balaban J connectivity index is 1.48. The van der Waals surface area contributed by atoms with E-state index in [0.29, 0.717) is 42.4 Å². The first-order valence-electron chi connectivity index (χ1n) is 10.3. The first kappa shape index (κ1) is 21.9. The molecule has 5 rings (SSSR count). The van der Waals surface area contributed by atoms with Crippen LogP contribution in [0.1, 0.15) is 32.1 Å². The summed E-state index contributed by atoms with van der Waals surface area (Å²) in [4.78, 5) is 18.0. The second kappa shape index (κ2) is 8.13. The van der Waals surface area contributed by atoms with Gasteiger partial charge in [-0.05, 0) is 41.3 Å². The summed E-state index contributed by atoms with van der Waals surface area (Å²) in [5, 5.41) is 5.53. The topological polar surface area (TPSA) is 60.4 Å². The molecule has 0 aliphatic carbocycles. The van der Waals surface area contributed by atoms with Crippen molar-refractivity contribution in [2.45, 2.75) is 26.2 Å². The minimum atomic E-state index is -0.237. The number of fused-ring (bicyclic) bond motifs is 1. The van der Waals surface area contributed by atoms with E-state index >= 15 is 0 Å². The van der Waals surface area contributed by atoms with Gasteiger partial charge in [-0.2, -0.15) is 9.50 Å². The van der Waals surface area contributed by atoms with Crippen LogP contribution in [0, 0.1) is 0 Å². The van der Waals surface area contributed by atoms with E-state index in [4.69, 9.17) is 27.6 Å². The monoisotopic (exact) mass is 495 g/mol. The second-order valence-corrected chi connectivity index (χ2v) is 10.6. The number of hydrogen-bond acceptors (Lipinski definition) is 5. The lowest BCUT2D eigenvalue weighted by atomic mass is 9.87. The molecule has 0 N–H and O–H groups in total. The molecule has 3 heterocycles. The molecule has 2 aromatic carbocycles. The predicted molar refractivity (Wildman–Crippen MR) is 134 cm³/mol. The van der Waals surface area contributed by atoms with Crippen LogP contribution in [0.2, 0.25) is 10.0 Å². The molecule has 5 aromatic rings. The molecule has 0 radical (unpaired) electrons. The average molecular weight is 496 g/mol. The fourth-order valence-electron chi connectivity index (χ4n) is 3.47. The Morgan fingerprint density at radius 1 is 1.03 bits per heavy atom. The van der Waals surface area contributed by atoms with E-state index in [9.17, 15) is 4.79 Å². The molecule has 0 bridgehead atoms. The van der Waals surface area contributed by atoms with E-state index in [1.807, 2.05) is 12.1 Å². The summed E-state index contributed by atoms with van der Waals surface area (Å²) < 4.78 is 7.71. The lowest BCUT2D eigenvalue weighted by Gasteiger charge is -2.18. The first-order valence-corrected chi connectivity index (χ1v) is 11.8. The third-order valence-corrected chi connectivity index (χ3v) is 6.81. The molecule has 8 heteroatoms. The van der Waals surface area contributed by atoms with Crippen LogP contribution in [0.15, 0.2) is 63.8 Å². The van der Waals surface area contributed by atoms with Crippen molar-refractivity contribution in [2.24, 2.45) is 0 Å². The number of aromatic nitrogens is 3. The molecule has 33 heavy (non-hydrogen) atoms. The molecule has 3 aromatic heterocycles. The summed E-state index contributed by atoms with van der Waals surface area (Å²) in [6, 6.07) is 16.9. The van der Waals surface area contributed by atoms with Crippen molar-refractivity contribution in [1.82, 2.24) is 14.6 Å². The Morgan fingerprint density at radius 2 is 1.79 bits per heavy atom. The van der Waals surface area contributed by atoms with Crippen molar-refractivity contribution in [3.63, 3.8) is 0 Å². The summed E-state index contributed by atoms with van der Waals surface area (Å²) >= 11 is 13.6. The van der Waals surface area contributed by atoms with E-state index in [0.717, 1.165) is 5.56 Å². The Labute approximate surface area is 203 Å². The third-order valence-electron chi connectivity index (χ3n) is 5.28. The van der Waals surface area contributed by atoms with E-state index in [2.05, 4.69) is 43.0 Å². The lowest BCUT2D eigenvalue weighted by molar-refractivity contribution is 0.571. The number of hydrogen-bond donors (Lipinski definition) is 0. The van der Waals surface area contributed by atoms with Gasteiger partial charge in [-0.3, -0.25) is 4.79 Å². The Bertz CT molecular complexity index is 1590. The van der Waals surface area contributed by atoms with Gasteiger partial charge in [0.15, 0.2) is 5.82 Å². The SMILES string of the molecule is CC(C)(C)c1ccc(-c2nc3sc(=Cc4ccc(-c5cc(Cl)ccc5Cl)o4)c(=O)n3n2)cc1. The maximum atomic E-state index is 12.9. The highest BCUT2D eigenvalue weighted by Gasteiger charge is 2.16. The molecule has 0 amide bonds. The van der Waals surface area contributed by atoms with E-state index < -0.39 is 0 Å². The van der Waals surface area contributed by atoms with Crippen LogP contribution in [0.3, 0.4) is 0 Å². The number of halogens is 2. The van der Waals surface area contributed by atoms with Crippen LogP contribution < -0.4 is 10.1 Å². The standard InChI is InChI=1S/C25H19Cl2N3O2S/c1-25(2,3)15-6-4-14(5-7-15)22-28-24-30(29-22)23(31)21(33-24)13-17-9-11-20(32-17)18-12-16(26)8-10-19(18)27/h4-13H,1-3H3. The van der Waals surface area contributed by atoms with Gasteiger partial charge >= 0.3 is 0 Å². The second-order valence-electron chi connectivity index (χ2n) is 8.70. The number of furan rings is 1. The van der Waals surface area contributed by atoms with Crippen molar-refractivity contribution in [1.29, 1.82) is 0 Å². The molecule has 0 aliphatic rings. The summed E-state index contributed by atoms with van der Waals surface area (Å²) in [7, 11) is 0. The molecular formula is C25H19Cl2N3O2S. The first-order chi connectivity index (χ1) is 15.7. The van der Waals surface area contributed by atoms with E-state index in [1.54, 1.807) is 36.4 Å². The number of thiazole rings is 1. The molecule has 0 atom stereocenters. The molecule has 0 aliphatic heterocycles. The number of rotatable bonds is 3. The number of nitrogens with zero attached hydrogens (tertiary/aromatic N) is 3. The van der Waals surface area contributed by atoms with Crippen LogP contribution in [0.25, 0.3) is 33.7 Å². The van der Waals surface area contributed by atoms with Crippen LogP contribution in [0.5, 0.6) is 0 Å². The van der Waals surface area contributed by atoms with Gasteiger partial charge in [-0.25, -0.2) is 0 Å². The average Bonchev–Trinajstić information content (AvgIpc) is 3.47. The van der Waals surface area contributed by atoms with Gasteiger partial charge in [-0.1, -0.05) is 79.6 Å². The molecule has 0 spiro atoms. The zero-order valence-electron chi connectivity index (χ0n) is 18.1. The van der Waals surface area contributed by atoms with Crippen molar-refractivity contribution < 1.29 is 4.42 Å². The molecule has 0 unspecified atom stereocenters. The highest BCUT2D eigenvalue weighted by atomic mass is 35.5. The highest BCUT2D eigenvalue weighted by Crippen LogP contribution is 2.32. The highest BCUT2D eigenvalue weighted by molar-refractivity contribution is 7.15. The maximum Gasteiger partial charge on any atom is 0.291 e. The van der Waals surface area contributed by atoms with Gasteiger partial charge in [0.05, 0.1) is 5.02 Å². The largest absolute Gasteiger partial charge is 0.457 e. The van der Waals surface area contributed by atoms with Gasteiger partial charge in [0.2, 0.25) is 4.96 Å².